The molecule has 2 aliphatic rings. The monoisotopic (exact) mass is 234 g/mol. The van der Waals surface area contributed by atoms with Gasteiger partial charge in [-0.25, -0.2) is 0 Å². The number of hydrogen-bond donors (Lipinski definition) is 1. The predicted molar refractivity (Wildman–Crippen MR) is 66.8 cm³/mol. The van der Waals surface area contributed by atoms with Crippen LogP contribution in [-0.4, -0.2) is 21.5 Å². The Balaban J connectivity index is 1.65. The van der Waals surface area contributed by atoms with Gasteiger partial charge in [0.1, 0.15) is 0 Å². The van der Waals surface area contributed by atoms with E-state index in [9.17, 15) is 5.11 Å². The molecule has 3 nitrogen and oxygen atoms in total. The highest BCUT2D eigenvalue weighted by Gasteiger charge is 2.42. The van der Waals surface area contributed by atoms with Crippen LogP contribution in [-0.2, 0) is 6.42 Å². The SMILES string of the molecule is OCC1(Cc2ccn(C3CCCCC3)n2)CC1. The highest BCUT2D eigenvalue weighted by Crippen LogP contribution is 2.47. The topological polar surface area (TPSA) is 38.0 Å². The quantitative estimate of drug-likeness (QED) is 0.869. The second-order valence-electron chi connectivity index (χ2n) is 5.91. The molecule has 94 valence electrons. The standard InChI is InChI=1S/C14H22N2O/c17-11-14(7-8-14)10-12-6-9-16(15-12)13-4-2-1-3-5-13/h6,9,13,17H,1-5,7-8,10-11H2. The first-order valence-corrected chi connectivity index (χ1v) is 6.96. The molecule has 1 N–H and O–H groups in total. The zero-order valence-corrected chi connectivity index (χ0v) is 10.4. The van der Waals surface area contributed by atoms with Gasteiger partial charge in [0.2, 0.25) is 0 Å². The fourth-order valence-corrected chi connectivity index (χ4v) is 2.97. The van der Waals surface area contributed by atoms with E-state index in [1.807, 2.05) is 0 Å². The van der Waals surface area contributed by atoms with E-state index in [1.165, 1.54) is 50.6 Å². The normalized spacial score (nSPS) is 23.8. The molecule has 2 fully saturated rings. The number of hydrogen-bond acceptors (Lipinski definition) is 2. The maximum atomic E-state index is 9.34. The molecule has 0 aliphatic heterocycles. The molecule has 0 bridgehead atoms. The first-order valence-electron chi connectivity index (χ1n) is 6.96. The van der Waals surface area contributed by atoms with Gasteiger partial charge in [0, 0.05) is 12.8 Å². The zero-order valence-electron chi connectivity index (χ0n) is 10.4. The number of rotatable bonds is 4. The van der Waals surface area contributed by atoms with Crippen molar-refractivity contribution in [1.82, 2.24) is 9.78 Å². The Hall–Kier alpha value is -0.830. The van der Waals surface area contributed by atoms with E-state index in [0.717, 1.165) is 6.42 Å². The number of aromatic nitrogens is 2. The smallest absolute Gasteiger partial charge is 0.0631 e. The molecule has 0 saturated heterocycles. The van der Waals surface area contributed by atoms with Gasteiger partial charge in [-0.05, 0) is 43.6 Å². The maximum absolute atomic E-state index is 9.34. The van der Waals surface area contributed by atoms with Gasteiger partial charge in [0.25, 0.3) is 0 Å². The van der Waals surface area contributed by atoms with E-state index < -0.39 is 0 Å². The highest BCUT2D eigenvalue weighted by atomic mass is 16.3. The van der Waals surface area contributed by atoms with Gasteiger partial charge in [-0.3, -0.25) is 4.68 Å². The van der Waals surface area contributed by atoms with Crippen LogP contribution < -0.4 is 0 Å². The van der Waals surface area contributed by atoms with E-state index in [2.05, 4.69) is 16.9 Å². The molecule has 1 heterocycles. The molecular formula is C14H22N2O. The molecular weight excluding hydrogens is 212 g/mol. The summed E-state index contributed by atoms with van der Waals surface area (Å²) < 4.78 is 2.17. The van der Waals surface area contributed by atoms with E-state index in [0.29, 0.717) is 12.6 Å². The van der Waals surface area contributed by atoms with Gasteiger partial charge in [0.05, 0.1) is 11.7 Å². The third kappa shape index (κ3) is 2.39. The summed E-state index contributed by atoms with van der Waals surface area (Å²) in [5.41, 5.74) is 1.35. The van der Waals surface area contributed by atoms with Crippen LogP contribution in [0.25, 0.3) is 0 Å². The van der Waals surface area contributed by atoms with Gasteiger partial charge in [-0.1, -0.05) is 19.3 Å². The number of nitrogens with zero attached hydrogens (tertiary/aromatic N) is 2. The van der Waals surface area contributed by atoms with Crippen LogP contribution in [0.3, 0.4) is 0 Å². The van der Waals surface area contributed by atoms with Crippen molar-refractivity contribution in [2.24, 2.45) is 5.41 Å². The average molecular weight is 234 g/mol. The molecule has 3 rings (SSSR count). The van der Waals surface area contributed by atoms with Gasteiger partial charge in [-0.15, -0.1) is 0 Å². The Morgan fingerprint density at radius 2 is 2.06 bits per heavy atom. The van der Waals surface area contributed by atoms with Gasteiger partial charge < -0.3 is 5.11 Å². The summed E-state index contributed by atoms with van der Waals surface area (Å²) in [6.45, 7) is 0.323. The second kappa shape index (κ2) is 4.45. The lowest BCUT2D eigenvalue weighted by Crippen LogP contribution is -2.15. The highest BCUT2D eigenvalue weighted by molar-refractivity contribution is 5.08. The van der Waals surface area contributed by atoms with Crippen LogP contribution in [0.5, 0.6) is 0 Å². The van der Waals surface area contributed by atoms with Crippen LogP contribution in [0.4, 0.5) is 0 Å². The minimum atomic E-state index is 0.186. The molecule has 3 heteroatoms. The summed E-state index contributed by atoms with van der Waals surface area (Å²) in [4.78, 5) is 0. The minimum absolute atomic E-state index is 0.186. The molecule has 0 spiro atoms. The molecule has 2 saturated carbocycles. The Bertz CT molecular complexity index is 375. The fraction of sp³-hybridized carbons (Fsp3) is 0.786. The molecule has 2 aliphatic carbocycles. The largest absolute Gasteiger partial charge is 0.396 e. The van der Waals surface area contributed by atoms with Crippen molar-refractivity contribution < 1.29 is 5.11 Å². The van der Waals surface area contributed by atoms with E-state index in [1.54, 1.807) is 0 Å². The van der Waals surface area contributed by atoms with Crippen molar-refractivity contribution in [3.05, 3.63) is 18.0 Å². The summed E-state index contributed by atoms with van der Waals surface area (Å²) in [7, 11) is 0. The first-order chi connectivity index (χ1) is 8.31. The zero-order chi connectivity index (χ0) is 11.7. The Labute approximate surface area is 103 Å². The van der Waals surface area contributed by atoms with Crippen LogP contribution >= 0.6 is 0 Å². The predicted octanol–water partition coefficient (Wildman–Crippen LogP) is 2.70. The molecule has 1 aromatic heterocycles. The van der Waals surface area contributed by atoms with E-state index in [-0.39, 0.29) is 5.41 Å². The third-order valence-corrected chi connectivity index (χ3v) is 4.46. The van der Waals surface area contributed by atoms with Crippen molar-refractivity contribution in [1.29, 1.82) is 0 Å². The molecule has 0 amide bonds. The molecule has 0 atom stereocenters. The summed E-state index contributed by atoms with van der Waals surface area (Å²) in [5.74, 6) is 0. The van der Waals surface area contributed by atoms with Crippen molar-refractivity contribution >= 4 is 0 Å². The number of aliphatic hydroxyl groups is 1. The van der Waals surface area contributed by atoms with E-state index in [4.69, 9.17) is 5.10 Å². The minimum Gasteiger partial charge on any atom is -0.396 e. The van der Waals surface area contributed by atoms with Crippen LogP contribution in [0, 0.1) is 5.41 Å². The van der Waals surface area contributed by atoms with Crippen molar-refractivity contribution in [2.45, 2.75) is 57.4 Å². The number of aliphatic hydroxyl groups excluding tert-OH is 1. The van der Waals surface area contributed by atoms with Gasteiger partial charge in [0.15, 0.2) is 0 Å². The third-order valence-electron chi connectivity index (χ3n) is 4.46. The second-order valence-corrected chi connectivity index (χ2v) is 5.91. The van der Waals surface area contributed by atoms with E-state index >= 15 is 0 Å². The summed E-state index contributed by atoms with van der Waals surface area (Å²) in [5, 5.41) is 14.1. The average Bonchev–Trinajstić information content (AvgIpc) is 3.00. The molecule has 1 aromatic rings. The lowest BCUT2D eigenvalue weighted by molar-refractivity contribution is 0.209. The summed E-state index contributed by atoms with van der Waals surface area (Å²) >= 11 is 0. The molecule has 0 radical (unpaired) electrons. The lowest BCUT2D eigenvalue weighted by Gasteiger charge is -2.21. The first kappa shape index (κ1) is 11.3. The lowest BCUT2D eigenvalue weighted by atomic mass is 9.96. The molecule has 0 unspecified atom stereocenters. The van der Waals surface area contributed by atoms with Crippen LogP contribution in [0.15, 0.2) is 12.3 Å². The molecule has 17 heavy (non-hydrogen) atoms. The Morgan fingerprint density at radius 1 is 1.29 bits per heavy atom. The van der Waals surface area contributed by atoms with Crippen molar-refractivity contribution in [2.75, 3.05) is 6.61 Å². The Kier molecular flexibility index (Phi) is 2.95. The van der Waals surface area contributed by atoms with Crippen molar-refractivity contribution in [3.8, 4) is 0 Å². The van der Waals surface area contributed by atoms with Crippen LogP contribution in [0.2, 0.25) is 0 Å². The van der Waals surface area contributed by atoms with Gasteiger partial charge >= 0.3 is 0 Å². The van der Waals surface area contributed by atoms with Gasteiger partial charge in [-0.2, -0.15) is 5.10 Å². The molecule has 0 aromatic carbocycles. The van der Waals surface area contributed by atoms with Crippen molar-refractivity contribution in [3.63, 3.8) is 0 Å². The fourth-order valence-electron chi connectivity index (χ4n) is 2.97. The summed E-state index contributed by atoms with van der Waals surface area (Å²) in [6, 6.07) is 2.77. The van der Waals surface area contributed by atoms with Crippen LogP contribution in [0.1, 0.15) is 56.7 Å². The summed E-state index contributed by atoms with van der Waals surface area (Å²) in [6.07, 6.45) is 12.1. The maximum Gasteiger partial charge on any atom is 0.0631 e. The Morgan fingerprint density at radius 3 is 2.71 bits per heavy atom.